The molecule has 2 N–H and O–H groups in total. The molecule has 1 unspecified atom stereocenters. The Hall–Kier alpha value is -3.51. The molecule has 13 heteroatoms. The monoisotopic (exact) mass is 468 g/mol. The zero-order chi connectivity index (χ0) is 23.6. The number of hydrogen-bond donors (Lipinski definition) is 2. The maximum atomic E-state index is 12.5. The number of halogens is 3. The summed E-state index contributed by atoms with van der Waals surface area (Å²) in [4.78, 5) is 28.2. The Labute approximate surface area is 187 Å². The molecule has 2 fully saturated rings. The van der Waals surface area contributed by atoms with E-state index in [0.29, 0.717) is 38.2 Å². The third-order valence-electron chi connectivity index (χ3n) is 6.27. The number of aromatic nitrogens is 3. The predicted molar refractivity (Wildman–Crippen MR) is 107 cm³/mol. The van der Waals surface area contributed by atoms with Crippen LogP contribution in [0.1, 0.15) is 25.5 Å². The Morgan fingerprint density at radius 3 is 2.45 bits per heavy atom. The lowest BCUT2D eigenvalue weighted by atomic mass is 9.66. The van der Waals surface area contributed by atoms with Crippen molar-refractivity contribution in [3.63, 3.8) is 0 Å². The van der Waals surface area contributed by atoms with E-state index in [9.17, 15) is 22.8 Å². The van der Waals surface area contributed by atoms with Gasteiger partial charge >= 0.3 is 18.5 Å². The Balaban J connectivity index is 1.23. The minimum atomic E-state index is -4.78. The lowest BCUT2D eigenvalue weighted by Crippen LogP contribution is -2.69. The van der Waals surface area contributed by atoms with Crippen LogP contribution < -0.4 is 14.8 Å². The molecule has 10 nitrogen and oxygen atoms in total. The fourth-order valence-electron chi connectivity index (χ4n) is 4.24. The van der Waals surface area contributed by atoms with E-state index >= 15 is 0 Å². The number of hydrogen-bond acceptors (Lipinski definition) is 6. The number of piperidine rings is 1. The fraction of sp³-hybridized carbons (Fsp3) is 0.500. The summed E-state index contributed by atoms with van der Waals surface area (Å²) < 4.78 is 45.8. The second kappa shape index (κ2) is 8.79. The molecule has 33 heavy (non-hydrogen) atoms. The number of rotatable bonds is 4. The highest BCUT2D eigenvalue weighted by atomic mass is 19.4. The topological polar surface area (TPSA) is 113 Å². The number of nitrogens with zero attached hydrogens (tertiary/aromatic N) is 4. The molecule has 2 aliphatic heterocycles. The molecule has 0 bridgehead atoms. The molecule has 1 spiro atoms. The van der Waals surface area contributed by atoms with Crippen LogP contribution in [0.3, 0.4) is 0 Å². The van der Waals surface area contributed by atoms with E-state index in [1.54, 1.807) is 16.0 Å². The molecule has 2 aliphatic rings. The van der Waals surface area contributed by atoms with E-state index in [0.717, 1.165) is 12.1 Å². The van der Waals surface area contributed by atoms with Crippen LogP contribution in [0.5, 0.6) is 11.5 Å². The highest BCUT2D eigenvalue weighted by molar-refractivity contribution is 5.76. The zero-order valence-corrected chi connectivity index (χ0v) is 17.8. The molecular formula is C20H23F3N6O4. The van der Waals surface area contributed by atoms with Crippen molar-refractivity contribution >= 4 is 12.1 Å². The Bertz CT molecular complexity index is 975. The van der Waals surface area contributed by atoms with Crippen LogP contribution in [0.2, 0.25) is 0 Å². The first-order valence-electron chi connectivity index (χ1n) is 10.4. The third-order valence-corrected chi connectivity index (χ3v) is 6.27. The van der Waals surface area contributed by atoms with Gasteiger partial charge in [-0.15, -0.1) is 18.3 Å². The van der Waals surface area contributed by atoms with E-state index in [2.05, 4.69) is 25.5 Å². The zero-order valence-electron chi connectivity index (χ0n) is 17.8. The number of aromatic amines is 1. The van der Waals surface area contributed by atoms with Crippen molar-refractivity contribution in [2.24, 2.45) is 5.41 Å². The van der Waals surface area contributed by atoms with Crippen LogP contribution >= 0.6 is 0 Å². The Kier molecular flexibility index (Phi) is 6.04. The minimum Gasteiger partial charge on any atom is -0.410 e. The number of amides is 3. The van der Waals surface area contributed by atoms with Gasteiger partial charge in [0.2, 0.25) is 0 Å². The normalized spacial score (nSPS) is 19.7. The van der Waals surface area contributed by atoms with Crippen molar-refractivity contribution in [2.45, 2.75) is 38.7 Å². The van der Waals surface area contributed by atoms with Gasteiger partial charge in [0.25, 0.3) is 0 Å². The second-order valence-electron chi connectivity index (χ2n) is 8.16. The van der Waals surface area contributed by atoms with E-state index < -0.39 is 18.2 Å². The van der Waals surface area contributed by atoms with Gasteiger partial charge in [-0.2, -0.15) is 0 Å². The van der Waals surface area contributed by atoms with Crippen LogP contribution in [0.4, 0.5) is 22.8 Å². The molecule has 3 heterocycles. The summed E-state index contributed by atoms with van der Waals surface area (Å²) in [5.41, 5.74) is 0.582. The number of carbonyl (C=O) groups is 2. The Morgan fingerprint density at radius 2 is 1.88 bits per heavy atom. The van der Waals surface area contributed by atoms with Gasteiger partial charge in [0.15, 0.2) is 0 Å². The lowest BCUT2D eigenvalue weighted by molar-refractivity contribution is -0.274. The van der Waals surface area contributed by atoms with Crippen LogP contribution in [-0.2, 0) is 6.54 Å². The van der Waals surface area contributed by atoms with Gasteiger partial charge in [-0.1, -0.05) is 5.21 Å². The number of urea groups is 1. The Morgan fingerprint density at radius 1 is 1.21 bits per heavy atom. The average molecular weight is 468 g/mol. The van der Waals surface area contributed by atoms with Gasteiger partial charge in [0.1, 0.15) is 17.2 Å². The number of nitrogens with one attached hydrogen (secondary N) is 2. The number of benzene rings is 1. The van der Waals surface area contributed by atoms with Gasteiger partial charge in [0, 0.05) is 37.3 Å². The van der Waals surface area contributed by atoms with Gasteiger partial charge in [-0.25, -0.2) is 9.59 Å². The number of H-pyrrole nitrogens is 1. The van der Waals surface area contributed by atoms with Crippen molar-refractivity contribution in [1.82, 2.24) is 30.5 Å². The summed E-state index contributed by atoms with van der Waals surface area (Å²) in [6, 6.07) is 4.51. The molecule has 0 radical (unpaired) electrons. The maximum Gasteiger partial charge on any atom is 0.573 e. The second-order valence-corrected chi connectivity index (χ2v) is 8.16. The standard InChI is InChI=1S/C20H23F3N6O4/c1-13-19(12-29(13)17(30)24-10-14-11-25-27-26-14)6-8-28(9-7-19)18(31)32-15-2-4-16(5-3-15)33-20(21,22)23/h2-5,11,13H,6-10,12H2,1H3,(H,24,30)(H,25,26,27). The molecule has 2 aromatic rings. The van der Waals surface area contributed by atoms with Crippen molar-refractivity contribution in [3.05, 3.63) is 36.2 Å². The molecule has 4 rings (SSSR count). The minimum absolute atomic E-state index is 0.0224. The van der Waals surface area contributed by atoms with Crippen molar-refractivity contribution in [3.8, 4) is 11.5 Å². The van der Waals surface area contributed by atoms with E-state index in [1.165, 1.54) is 12.1 Å². The summed E-state index contributed by atoms with van der Waals surface area (Å²) in [5.74, 6) is -0.266. The summed E-state index contributed by atoms with van der Waals surface area (Å²) in [5, 5.41) is 12.8. The molecule has 0 aliphatic carbocycles. The van der Waals surface area contributed by atoms with Crippen molar-refractivity contribution in [2.75, 3.05) is 19.6 Å². The van der Waals surface area contributed by atoms with E-state index in [1.807, 2.05) is 6.92 Å². The number of carbonyl (C=O) groups excluding carboxylic acids is 2. The third kappa shape index (κ3) is 5.12. The first-order valence-corrected chi connectivity index (χ1v) is 10.4. The molecule has 0 saturated carbocycles. The van der Waals surface area contributed by atoms with Gasteiger partial charge in [-0.3, -0.25) is 5.10 Å². The lowest BCUT2D eigenvalue weighted by Gasteiger charge is -2.58. The summed E-state index contributed by atoms with van der Waals surface area (Å²) >= 11 is 0. The smallest absolute Gasteiger partial charge is 0.410 e. The molecule has 1 aromatic heterocycles. The van der Waals surface area contributed by atoms with Gasteiger partial charge < -0.3 is 24.6 Å². The van der Waals surface area contributed by atoms with Crippen LogP contribution in [0.25, 0.3) is 0 Å². The first-order chi connectivity index (χ1) is 15.7. The van der Waals surface area contributed by atoms with Gasteiger partial charge in [0.05, 0.1) is 6.54 Å². The number of alkyl halides is 3. The van der Waals surface area contributed by atoms with Crippen molar-refractivity contribution < 1.29 is 32.2 Å². The summed E-state index contributed by atoms with van der Waals surface area (Å²) in [6.45, 7) is 3.81. The van der Waals surface area contributed by atoms with Crippen LogP contribution in [0, 0.1) is 5.41 Å². The average Bonchev–Trinajstić information content (AvgIpc) is 3.30. The van der Waals surface area contributed by atoms with E-state index in [-0.39, 0.29) is 29.8 Å². The van der Waals surface area contributed by atoms with E-state index in [4.69, 9.17) is 4.74 Å². The molecule has 1 aromatic carbocycles. The SMILES string of the molecule is CC1N(C(=O)NCc2c[nH]nn2)CC12CCN(C(=O)Oc1ccc(OC(F)(F)F)cc1)CC2. The predicted octanol–water partition coefficient (Wildman–Crippen LogP) is 2.90. The highest BCUT2D eigenvalue weighted by Crippen LogP contribution is 2.46. The molecule has 1 atom stereocenters. The molecular weight excluding hydrogens is 445 g/mol. The number of ether oxygens (including phenoxy) is 2. The van der Waals surface area contributed by atoms with Crippen LogP contribution in [0.15, 0.2) is 30.5 Å². The first kappa shape index (κ1) is 22.7. The summed E-state index contributed by atoms with van der Waals surface area (Å²) in [6.07, 6.45) is -2.30. The van der Waals surface area contributed by atoms with Crippen molar-refractivity contribution in [1.29, 1.82) is 0 Å². The van der Waals surface area contributed by atoms with Crippen LogP contribution in [-0.4, -0.2) is 69.4 Å². The largest absolute Gasteiger partial charge is 0.573 e. The quantitative estimate of drug-likeness (QED) is 0.714. The summed E-state index contributed by atoms with van der Waals surface area (Å²) in [7, 11) is 0. The maximum absolute atomic E-state index is 12.5. The highest BCUT2D eigenvalue weighted by Gasteiger charge is 2.53. The molecule has 178 valence electrons. The fourth-order valence-corrected chi connectivity index (χ4v) is 4.24. The molecule has 2 saturated heterocycles. The number of likely N-dealkylation sites (tertiary alicyclic amines) is 2. The molecule has 3 amide bonds. The van der Waals surface area contributed by atoms with Gasteiger partial charge in [-0.05, 0) is 44.0 Å².